The Bertz CT molecular complexity index is 213. The van der Waals surface area contributed by atoms with Crippen LogP contribution in [0.5, 0.6) is 0 Å². The Kier molecular flexibility index (Phi) is 3.25. The van der Waals surface area contributed by atoms with E-state index in [0.717, 1.165) is 13.1 Å². The molecular formula is C8H15N3O2. The van der Waals surface area contributed by atoms with Crippen molar-refractivity contribution in [2.24, 2.45) is 11.7 Å². The van der Waals surface area contributed by atoms with E-state index in [1.54, 1.807) is 7.05 Å². The van der Waals surface area contributed by atoms with Gasteiger partial charge in [-0.1, -0.05) is 0 Å². The SMILES string of the molecule is CN(CC(N)=O)C(=O)CC1CNC1. The lowest BCUT2D eigenvalue weighted by Crippen LogP contribution is -2.45. The molecule has 1 aliphatic heterocycles. The molecule has 13 heavy (non-hydrogen) atoms. The summed E-state index contributed by atoms with van der Waals surface area (Å²) < 4.78 is 0. The lowest BCUT2D eigenvalue weighted by molar-refractivity contribution is -0.134. The van der Waals surface area contributed by atoms with E-state index in [9.17, 15) is 9.59 Å². The van der Waals surface area contributed by atoms with Crippen molar-refractivity contribution in [1.29, 1.82) is 0 Å². The molecule has 3 N–H and O–H groups in total. The highest BCUT2D eigenvalue weighted by Crippen LogP contribution is 2.09. The van der Waals surface area contributed by atoms with E-state index >= 15 is 0 Å². The van der Waals surface area contributed by atoms with Crippen LogP contribution < -0.4 is 11.1 Å². The molecule has 1 heterocycles. The third-order valence-corrected chi connectivity index (χ3v) is 2.15. The fraction of sp³-hybridized carbons (Fsp3) is 0.750. The number of likely N-dealkylation sites (N-methyl/N-ethyl adjacent to an activating group) is 1. The van der Waals surface area contributed by atoms with Crippen LogP contribution in [-0.4, -0.2) is 43.4 Å². The molecule has 0 unspecified atom stereocenters. The highest BCUT2D eigenvalue weighted by molar-refractivity contribution is 5.83. The second-order valence-electron chi connectivity index (χ2n) is 3.44. The molecule has 0 bridgehead atoms. The van der Waals surface area contributed by atoms with Gasteiger partial charge in [-0.25, -0.2) is 0 Å². The van der Waals surface area contributed by atoms with E-state index in [2.05, 4.69) is 5.32 Å². The van der Waals surface area contributed by atoms with Gasteiger partial charge in [-0.3, -0.25) is 9.59 Å². The highest BCUT2D eigenvalue weighted by Gasteiger charge is 2.22. The molecule has 0 spiro atoms. The molecule has 0 aromatic rings. The molecule has 1 rings (SSSR count). The van der Waals surface area contributed by atoms with E-state index in [-0.39, 0.29) is 12.5 Å². The van der Waals surface area contributed by atoms with Gasteiger partial charge in [0.25, 0.3) is 0 Å². The van der Waals surface area contributed by atoms with Crippen LogP contribution in [0.25, 0.3) is 0 Å². The number of rotatable bonds is 4. The van der Waals surface area contributed by atoms with Crippen molar-refractivity contribution >= 4 is 11.8 Å². The number of hydrogen-bond acceptors (Lipinski definition) is 3. The van der Waals surface area contributed by atoms with E-state index in [0.29, 0.717) is 12.3 Å². The van der Waals surface area contributed by atoms with Gasteiger partial charge in [-0.15, -0.1) is 0 Å². The second-order valence-corrected chi connectivity index (χ2v) is 3.44. The van der Waals surface area contributed by atoms with E-state index in [1.165, 1.54) is 4.90 Å². The Hall–Kier alpha value is -1.10. The molecule has 0 aromatic heterocycles. The summed E-state index contributed by atoms with van der Waals surface area (Å²) >= 11 is 0. The van der Waals surface area contributed by atoms with Crippen LogP contribution in [0.1, 0.15) is 6.42 Å². The van der Waals surface area contributed by atoms with Crippen LogP contribution in [0.15, 0.2) is 0 Å². The Morgan fingerprint density at radius 3 is 2.54 bits per heavy atom. The Morgan fingerprint density at radius 1 is 1.54 bits per heavy atom. The van der Waals surface area contributed by atoms with Crippen molar-refractivity contribution < 1.29 is 9.59 Å². The Morgan fingerprint density at radius 2 is 2.15 bits per heavy atom. The van der Waals surface area contributed by atoms with Gasteiger partial charge in [-0.2, -0.15) is 0 Å². The summed E-state index contributed by atoms with van der Waals surface area (Å²) in [6.45, 7) is 1.81. The number of nitrogens with zero attached hydrogens (tertiary/aromatic N) is 1. The second kappa shape index (κ2) is 4.23. The molecule has 0 saturated carbocycles. The minimum atomic E-state index is -0.470. The normalized spacial score (nSPS) is 16.4. The largest absolute Gasteiger partial charge is 0.368 e. The zero-order valence-electron chi connectivity index (χ0n) is 7.75. The topological polar surface area (TPSA) is 75.4 Å². The first-order valence-electron chi connectivity index (χ1n) is 4.32. The van der Waals surface area contributed by atoms with Crippen LogP contribution in [-0.2, 0) is 9.59 Å². The summed E-state index contributed by atoms with van der Waals surface area (Å²) in [5.74, 6) is -0.0456. The lowest BCUT2D eigenvalue weighted by Gasteiger charge is -2.28. The maximum atomic E-state index is 11.4. The molecule has 0 atom stereocenters. The summed E-state index contributed by atoms with van der Waals surface area (Å²) in [4.78, 5) is 23.2. The van der Waals surface area contributed by atoms with Gasteiger partial charge in [0.1, 0.15) is 0 Å². The Labute approximate surface area is 77.3 Å². The van der Waals surface area contributed by atoms with Gasteiger partial charge in [-0.05, 0) is 19.0 Å². The first-order valence-corrected chi connectivity index (χ1v) is 4.32. The Balaban J connectivity index is 2.24. The van der Waals surface area contributed by atoms with Crippen molar-refractivity contribution in [3.05, 3.63) is 0 Å². The summed E-state index contributed by atoms with van der Waals surface area (Å²) in [5, 5.41) is 3.08. The van der Waals surface area contributed by atoms with Crippen LogP contribution in [0.3, 0.4) is 0 Å². The maximum absolute atomic E-state index is 11.4. The van der Waals surface area contributed by atoms with Crippen molar-refractivity contribution in [3.63, 3.8) is 0 Å². The molecule has 0 radical (unpaired) electrons. The number of primary amides is 1. The third-order valence-electron chi connectivity index (χ3n) is 2.15. The molecule has 5 nitrogen and oxygen atoms in total. The molecule has 0 aromatic carbocycles. The fourth-order valence-corrected chi connectivity index (χ4v) is 1.22. The van der Waals surface area contributed by atoms with Gasteiger partial charge in [0.15, 0.2) is 0 Å². The van der Waals surface area contributed by atoms with Crippen LogP contribution in [0.4, 0.5) is 0 Å². The first-order chi connectivity index (χ1) is 6.09. The number of amides is 2. The average molecular weight is 185 g/mol. The van der Waals surface area contributed by atoms with E-state index in [4.69, 9.17) is 5.73 Å². The monoisotopic (exact) mass is 185 g/mol. The van der Waals surface area contributed by atoms with Crippen molar-refractivity contribution in [1.82, 2.24) is 10.2 Å². The number of carbonyl (C=O) groups excluding carboxylic acids is 2. The van der Waals surface area contributed by atoms with Crippen LogP contribution in [0.2, 0.25) is 0 Å². The van der Waals surface area contributed by atoms with Crippen molar-refractivity contribution in [2.45, 2.75) is 6.42 Å². The maximum Gasteiger partial charge on any atom is 0.237 e. The average Bonchev–Trinajstić information content (AvgIpc) is 1.94. The van der Waals surface area contributed by atoms with Crippen LogP contribution >= 0.6 is 0 Å². The summed E-state index contributed by atoms with van der Waals surface area (Å²) in [5.41, 5.74) is 4.96. The molecule has 0 aliphatic carbocycles. The molecule has 5 heteroatoms. The number of hydrogen-bond donors (Lipinski definition) is 2. The summed E-state index contributed by atoms with van der Waals surface area (Å²) in [7, 11) is 1.60. The zero-order valence-corrected chi connectivity index (χ0v) is 7.75. The lowest BCUT2D eigenvalue weighted by atomic mass is 9.99. The predicted octanol–water partition coefficient (Wildman–Crippen LogP) is -1.46. The van der Waals surface area contributed by atoms with E-state index in [1.807, 2.05) is 0 Å². The highest BCUT2D eigenvalue weighted by atomic mass is 16.2. The predicted molar refractivity (Wildman–Crippen MR) is 47.8 cm³/mol. The summed E-state index contributed by atoms with van der Waals surface area (Å²) in [6, 6.07) is 0. The number of nitrogens with one attached hydrogen (secondary N) is 1. The van der Waals surface area contributed by atoms with Gasteiger partial charge in [0.2, 0.25) is 11.8 Å². The van der Waals surface area contributed by atoms with Crippen molar-refractivity contribution in [3.8, 4) is 0 Å². The minimum absolute atomic E-state index is 0.00898. The first kappa shape index (κ1) is 9.98. The number of nitrogens with two attached hydrogens (primary N) is 1. The van der Waals surface area contributed by atoms with Crippen LogP contribution in [0, 0.1) is 5.92 Å². The van der Waals surface area contributed by atoms with E-state index < -0.39 is 5.91 Å². The molecular weight excluding hydrogens is 170 g/mol. The molecule has 1 aliphatic rings. The zero-order chi connectivity index (χ0) is 9.84. The van der Waals surface area contributed by atoms with Gasteiger partial charge in [0.05, 0.1) is 6.54 Å². The molecule has 1 fully saturated rings. The molecule has 74 valence electrons. The van der Waals surface area contributed by atoms with Gasteiger partial charge < -0.3 is 16.0 Å². The fourth-order valence-electron chi connectivity index (χ4n) is 1.22. The number of carbonyl (C=O) groups is 2. The standard InChI is InChI=1S/C8H15N3O2/c1-11(5-7(9)12)8(13)2-6-3-10-4-6/h6,10H,2-5H2,1H3,(H2,9,12). The minimum Gasteiger partial charge on any atom is -0.368 e. The third kappa shape index (κ3) is 3.02. The molecule has 1 saturated heterocycles. The quantitative estimate of drug-likeness (QED) is 0.562. The molecule has 2 amide bonds. The van der Waals surface area contributed by atoms with Crippen molar-refractivity contribution in [2.75, 3.05) is 26.7 Å². The van der Waals surface area contributed by atoms with Gasteiger partial charge >= 0.3 is 0 Å². The smallest absolute Gasteiger partial charge is 0.237 e. The van der Waals surface area contributed by atoms with Gasteiger partial charge in [0, 0.05) is 13.5 Å². The summed E-state index contributed by atoms with van der Waals surface area (Å²) in [6.07, 6.45) is 0.511.